The predicted octanol–water partition coefficient (Wildman–Crippen LogP) is 4.27. The molecule has 0 spiro atoms. The number of piperidine rings is 1. The van der Waals surface area contributed by atoms with Crippen LogP contribution in [0.25, 0.3) is 10.9 Å². The number of aromatic nitrogens is 1. The van der Waals surface area contributed by atoms with E-state index in [0.717, 1.165) is 11.8 Å². The molecule has 3 atom stereocenters. The van der Waals surface area contributed by atoms with Crippen molar-refractivity contribution >= 4 is 22.7 Å². The first kappa shape index (κ1) is 14.6. The minimum Gasteiger partial charge on any atom is -0.361 e. The zero-order valence-electron chi connectivity index (χ0n) is 13.6. The van der Waals surface area contributed by atoms with Gasteiger partial charge in [-0.25, -0.2) is 0 Å². The van der Waals surface area contributed by atoms with Gasteiger partial charge in [0.2, 0.25) is 0 Å². The second-order valence-electron chi connectivity index (χ2n) is 7.01. The van der Waals surface area contributed by atoms with Crippen LogP contribution in [-0.4, -0.2) is 41.0 Å². The molecule has 3 heteroatoms. The Labute approximate surface area is 137 Å². The summed E-state index contributed by atoms with van der Waals surface area (Å²) in [6, 6.07) is 7.58. The van der Waals surface area contributed by atoms with Gasteiger partial charge in [0.15, 0.2) is 0 Å². The third-order valence-corrected chi connectivity index (χ3v) is 6.38. The lowest BCUT2D eigenvalue weighted by Crippen LogP contribution is -2.50. The molecule has 2 heterocycles. The highest BCUT2D eigenvalue weighted by Gasteiger charge is 2.40. The monoisotopic (exact) mass is 314 g/mol. The van der Waals surface area contributed by atoms with Crippen LogP contribution in [-0.2, 0) is 6.42 Å². The Morgan fingerprint density at radius 1 is 1.36 bits per heavy atom. The summed E-state index contributed by atoms with van der Waals surface area (Å²) >= 11 is 2.01. The second-order valence-corrected chi connectivity index (χ2v) is 7.92. The van der Waals surface area contributed by atoms with Crippen molar-refractivity contribution in [3.63, 3.8) is 0 Å². The Kier molecular flexibility index (Phi) is 3.95. The van der Waals surface area contributed by atoms with E-state index in [4.69, 9.17) is 0 Å². The molecule has 1 aliphatic carbocycles. The molecule has 1 aromatic heterocycles. The average Bonchev–Trinajstić information content (AvgIpc) is 2.94. The molecule has 0 amide bonds. The van der Waals surface area contributed by atoms with Gasteiger partial charge in [-0.2, -0.15) is 11.8 Å². The van der Waals surface area contributed by atoms with Crippen LogP contribution in [0, 0.1) is 5.92 Å². The third-order valence-electron chi connectivity index (χ3n) is 5.57. The van der Waals surface area contributed by atoms with Crippen LogP contribution in [0.4, 0.5) is 0 Å². The molecule has 22 heavy (non-hydrogen) atoms. The van der Waals surface area contributed by atoms with Crippen LogP contribution in [0.15, 0.2) is 24.4 Å². The molecule has 1 aliphatic heterocycles. The number of likely N-dealkylation sites (tertiary alicyclic amines) is 1. The quantitative estimate of drug-likeness (QED) is 0.909. The predicted molar refractivity (Wildman–Crippen MR) is 96.9 cm³/mol. The van der Waals surface area contributed by atoms with Gasteiger partial charge in [0.05, 0.1) is 0 Å². The summed E-state index contributed by atoms with van der Waals surface area (Å²) in [5.74, 6) is 2.88. The molecular weight excluding hydrogens is 288 g/mol. The molecule has 2 nitrogen and oxygen atoms in total. The number of thioether (sulfide) groups is 1. The van der Waals surface area contributed by atoms with E-state index >= 15 is 0 Å². The van der Waals surface area contributed by atoms with Crippen molar-refractivity contribution < 1.29 is 0 Å². The largest absolute Gasteiger partial charge is 0.361 e. The lowest BCUT2D eigenvalue weighted by atomic mass is 9.72. The van der Waals surface area contributed by atoms with Crippen molar-refractivity contribution in [3.05, 3.63) is 35.5 Å². The zero-order chi connectivity index (χ0) is 15.1. The molecule has 2 unspecified atom stereocenters. The Morgan fingerprint density at radius 2 is 2.27 bits per heavy atom. The number of hydrogen-bond donors (Lipinski definition) is 1. The number of hydrogen-bond acceptors (Lipinski definition) is 2. The number of fused-ring (bicyclic) bond motifs is 2. The molecule has 118 valence electrons. The first-order valence-electron chi connectivity index (χ1n) is 8.63. The van der Waals surface area contributed by atoms with E-state index < -0.39 is 0 Å². The lowest BCUT2D eigenvalue weighted by molar-refractivity contribution is 0.0926. The van der Waals surface area contributed by atoms with Crippen LogP contribution in [0.3, 0.4) is 0 Å². The molecule has 0 bridgehead atoms. The van der Waals surface area contributed by atoms with E-state index in [1.165, 1.54) is 54.6 Å². The molecule has 1 fully saturated rings. The Morgan fingerprint density at radius 3 is 3.09 bits per heavy atom. The van der Waals surface area contributed by atoms with Gasteiger partial charge in [-0.05, 0) is 60.9 Å². The van der Waals surface area contributed by atoms with E-state index in [-0.39, 0.29) is 0 Å². The Hall–Kier alpha value is -0.930. The molecule has 2 aliphatic rings. The second kappa shape index (κ2) is 5.93. The van der Waals surface area contributed by atoms with E-state index in [0.29, 0.717) is 6.04 Å². The summed E-state index contributed by atoms with van der Waals surface area (Å²) in [7, 11) is 0. The average molecular weight is 314 g/mol. The van der Waals surface area contributed by atoms with Gasteiger partial charge in [-0.1, -0.05) is 19.1 Å². The Bertz CT molecular complexity index is 662. The smallest absolute Gasteiger partial charge is 0.0459 e. The standard InChI is InChI=1S/C19H26N2S/c1-3-7-21-11-13(12-22-2)8-16-15-5-4-6-17-19(15)14(10-20-17)9-18(16)21/h4-6,10,13,16,18,20H,3,7-9,11-12H2,1-2H3/t13?,16-,18?/m1/s1. The number of benzene rings is 1. The van der Waals surface area contributed by atoms with Crippen LogP contribution < -0.4 is 0 Å². The Balaban J connectivity index is 1.75. The minimum absolute atomic E-state index is 0.715. The molecule has 0 saturated carbocycles. The maximum atomic E-state index is 3.49. The van der Waals surface area contributed by atoms with E-state index in [1.54, 1.807) is 5.56 Å². The van der Waals surface area contributed by atoms with Crippen molar-refractivity contribution in [2.75, 3.05) is 25.1 Å². The molecule has 1 aromatic carbocycles. The first-order chi connectivity index (χ1) is 10.8. The highest BCUT2D eigenvalue weighted by Crippen LogP contribution is 2.45. The minimum atomic E-state index is 0.715. The van der Waals surface area contributed by atoms with Gasteiger partial charge in [-0.15, -0.1) is 0 Å². The summed E-state index contributed by atoms with van der Waals surface area (Å²) in [5, 5.41) is 1.53. The molecule has 2 aromatic rings. The van der Waals surface area contributed by atoms with Crippen molar-refractivity contribution in [2.24, 2.45) is 5.92 Å². The van der Waals surface area contributed by atoms with Crippen LogP contribution in [0.1, 0.15) is 36.8 Å². The van der Waals surface area contributed by atoms with Crippen LogP contribution in [0.5, 0.6) is 0 Å². The number of rotatable bonds is 4. The fourth-order valence-electron chi connectivity index (χ4n) is 4.80. The van der Waals surface area contributed by atoms with Crippen LogP contribution >= 0.6 is 11.8 Å². The summed E-state index contributed by atoms with van der Waals surface area (Å²) in [5.41, 5.74) is 4.48. The SMILES string of the molecule is CCCN1CC(CSC)C[C@@H]2c3cccc4[nH]cc(c34)CC21. The fraction of sp³-hybridized carbons (Fsp3) is 0.579. The zero-order valence-corrected chi connectivity index (χ0v) is 14.5. The summed E-state index contributed by atoms with van der Waals surface area (Å²) < 4.78 is 0. The lowest BCUT2D eigenvalue weighted by Gasteiger charge is -2.47. The third kappa shape index (κ3) is 2.30. The maximum Gasteiger partial charge on any atom is 0.0459 e. The van der Waals surface area contributed by atoms with Crippen molar-refractivity contribution in [1.29, 1.82) is 0 Å². The molecule has 1 N–H and O–H groups in total. The van der Waals surface area contributed by atoms with Crippen molar-refractivity contribution in [3.8, 4) is 0 Å². The highest BCUT2D eigenvalue weighted by atomic mass is 32.2. The fourth-order valence-corrected chi connectivity index (χ4v) is 5.51. The van der Waals surface area contributed by atoms with E-state index in [2.05, 4.69) is 47.5 Å². The van der Waals surface area contributed by atoms with Gasteiger partial charge in [0.1, 0.15) is 0 Å². The number of nitrogens with one attached hydrogen (secondary N) is 1. The summed E-state index contributed by atoms with van der Waals surface area (Å²) in [4.78, 5) is 6.29. The van der Waals surface area contributed by atoms with Gasteiger partial charge in [0, 0.05) is 35.6 Å². The number of nitrogens with zero attached hydrogens (tertiary/aromatic N) is 1. The molecule has 1 saturated heterocycles. The molecule has 0 radical (unpaired) electrons. The van der Waals surface area contributed by atoms with E-state index in [1.807, 2.05) is 11.8 Å². The van der Waals surface area contributed by atoms with Crippen LogP contribution in [0.2, 0.25) is 0 Å². The first-order valence-corrected chi connectivity index (χ1v) is 10.0. The topological polar surface area (TPSA) is 19.0 Å². The normalized spacial score (nSPS) is 28.0. The van der Waals surface area contributed by atoms with Gasteiger partial charge in [0.25, 0.3) is 0 Å². The van der Waals surface area contributed by atoms with Gasteiger partial charge in [-0.3, -0.25) is 4.90 Å². The maximum absolute atomic E-state index is 3.49. The molecular formula is C19H26N2S. The van der Waals surface area contributed by atoms with Gasteiger partial charge < -0.3 is 4.98 Å². The number of H-pyrrole nitrogens is 1. The van der Waals surface area contributed by atoms with Crippen molar-refractivity contribution in [1.82, 2.24) is 9.88 Å². The molecule has 4 rings (SSSR count). The summed E-state index contributed by atoms with van der Waals surface area (Å²) in [6.07, 6.45) is 8.37. The summed E-state index contributed by atoms with van der Waals surface area (Å²) in [6.45, 7) is 4.87. The highest BCUT2D eigenvalue weighted by molar-refractivity contribution is 7.98. The van der Waals surface area contributed by atoms with Crippen molar-refractivity contribution in [2.45, 2.75) is 38.1 Å². The number of aromatic amines is 1. The van der Waals surface area contributed by atoms with E-state index in [9.17, 15) is 0 Å². The van der Waals surface area contributed by atoms with Gasteiger partial charge >= 0.3 is 0 Å².